The summed E-state index contributed by atoms with van der Waals surface area (Å²) in [5.74, 6) is 0.588. The highest BCUT2D eigenvalue weighted by Crippen LogP contribution is 2.36. The Bertz CT molecular complexity index is 1630. The molecular weight excluding hydrogens is 594 g/mol. The summed E-state index contributed by atoms with van der Waals surface area (Å²) in [6.07, 6.45) is 2.37. The normalized spacial score (nSPS) is 16.3. The van der Waals surface area contributed by atoms with Crippen LogP contribution in [0.2, 0.25) is 0 Å². The maximum Gasteiger partial charge on any atom is 0.256 e. The first-order valence-electron chi connectivity index (χ1n) is 16.3. The van der Waals surface area contributed by atoms with Gasteiger partial charge in [0.1, 0.15) is 18.0 Å². The third kappa shape index (κ3) is 8.32. The molecule has 10 heteroatoms. The van der Waals surface area contributed by atoms with Crippen molar-refractivity contribution in [3.05, 3.63) is 95.3 Å². The molecule has 0 unspecified atom stereocenters. The molecule has 0 bridgehead atoms. The van der Waals surface area contributed by atoms with Crippen LogP contribution < -0.4 is 10.1 Å². The number of methoxy groups -OCH3 is 2. The van der Waals surface area contributed by atoms with Crippen molar-refractivity contribution in [1.82, 2.24) is 25.0 Å². The summed E-state index contributed by atoms with van der Waals surface area (Å²) in [5, 5.41) is 7.85. The SMILES string of the molecule is CCNC(=O)c1cc(-c2nn(-c3ccccc3)c(CC(=O)C[C@@H]3CN(CCOC)C[C@H]3c3ccccc3)c2C)cnc1OCCOC. The molecular formula is C37H45N5O5. The smallest absolute Gasteiger partial charge is 0.256 e. The lowest BCUT2D eigenvalue weighted by molar-refractivity contribution is -0.119. The number of nitrogens with one attached hydrogen (secondary N) is 1. The molecule has 248 valence electrons. The van der Waals surface area contributed by atoms with Gasteiger partial charge in [0.15, 0.2) is 0 Å². The van der Waals surface area contributed by atoms with Gasteiger partial charge in [0, 0.05) is 70.9 Å². The van der Waals surface area contributed by atoms with Crippen molar-refractivity contribution in [3.8, 4) is 22.8 Å². The van der Waals surface area contributed by atoms with E-state index in [0.29, 0.717) is 43.0 Å². The molecule has 0 aliphatic carbocycles. The molecule has 1 saturated heterocycles. The fraction of sp³-hybridized carbons (Fsp3) is 0.405. The second-order valence-corrected chi connectivity index (χ2v) is 11.9. The van der Waals surface area contributed by atoms with Crippen LogP contribution in [0.1, 0.15) is 46.4 Å². The Hall–Kier alpha value is -4.38. The second kappa shape index (κ2) is 16.4. The van der Waals surface area contributed by atoms with Crippen LogP contribution in [0, 0.1) is 12.8 Å². The number of carbonyl (C=O) groups excluding carboxylic acids is 2. The van der Waals surface area contributed by atoms with E-state index in [4.69, 9.17) is 19.3 Å². The second-order valence-electron chi connectivity index (χ2n) is 11.9. The highest BCUT2D eigenvalue weighted by atomic mass is 16.5. The molecule has 3 heterocycles. The predicted molar refractivity (Wildman–Crippen MR) is 181 cm³/mol. The largest absolute Gasteiger partial charge is 0.475 e. The molecule has 1 aliphatic rings. The third-order valence-corrected chi connectivity index (χ3v) is 8.69. The summed E-state index contributed by atoms with van der Waals surface area (Å²) in [6, 6.07) is 22.1. The third-order valence-electron chi connectivity index (χ3n) is 8.69. The number of para-hydroxylation sites is 1. The molecule has 2 aromatic carbocycles. The first kappa shape index (κ1) is 34.0. The van der Waals surface area contributed by atoms with Crippen molar-refractivity contribution in [2.45, 2.75) is 32.6 Å². The summed E-state index contributed by atoms with van der Waals surface area (Å²) < 4.78 is 18.1. The number of benzene rings is 2. The van der Waals surface area contributed by atoms with Crippen molar-refractivity contribution in [3.63, 3.8) is 0 Å². The molecule has 5 rings (SSSR count). The van der Waals surface area contributed by atoms with E-state index in [1.807, 2.05) is 54.9 Å². The fourth-order valence-electron chi connectivity index (χ4n) is 6.33. The van der Waals surface area contributed by atoms with Crippen LogP contribution in [0.3, 0.4) is 0 Å². The Morgan fingerprint density at radius 2 is 1.68 bits per heavy atom. The Labute approximate surface area is 277 Å². The van der Waals surface area contributed by atoms with Crippen molar-refractivity contribution in [1.29, 1.82) is 0 Å². The number of ketones is 1. The molecule has 0 saturated carbocycles. The molecule has 1 aliphatic heterocycles. The lowest BCUT2D eigenvalue weighted by Crippen LogP contribution is -2.25. The summed E-state index contributed by atoms with van der Waals surface area (Å²) in [4.78, 5) is 33.9. The van der Waals surface area contributed by atoms with Crippen LogP contribution in [-0.4, -0.2) is 91.6 Å². The molecule has 0 radical (unpaired) electrons. The van der Waals surface area contributed by atoms with Gasteiger partial charge in [0.2, 0.25) is 5.88 Å². The number of hydrogen-bond donors (Lipinski definition) is 1. The summed E-state index contributed by atoms with van der Waals surface area (Å²) >= 11 is 0. The van der Waals surface area contributed by atoms with Crippen LogP contribution in [-0.2, 0) is 20.7 Å². The van der Waals surface area contributed by atoms with Gasteiger partial charge < -0.3 is 24.4 Å². The first-order chi connectivity index (χ1) is 22.9. The molecule has 0 spiro atoms. The molecule has 4 aromatic rings. The van der Waals surface area contributed by atoms with Gasteiger partial charge in [0.25, 0.3) is 5.91 Å². The number of pyridine rings is 1. The Balaban J connectivity index is 1.46. The number of hydrogen-bond acceptors (Lipinski definition) is 8. The van der Waals surface area contributed by atoms with Gasteiger partial charge >= 0.3 is 0 Å². The van der Waals surface area contributed by atoms with Gasteiger partial charge in [-0.05, 0) is 49.1 Å². The summed E-state index contributed by atoms with van der Waals surface area (Å²) in [7, 11) is 3.31. The van der Waals surface area contributed by atoms with Crippen LogP contribution in [0.25, 0.3) is 16.9 Å². The number of carbonyl (C=O) groups is 2. The monoisotopic (exact) mass is 639 g/mol. The van der Waals surface area contributed by atoms with E-state index in [0.717, 1.165) is 36.6 Å². The molecule has 2 atom stereocenters. The minimum atomic E-state index is -0.283. The predicted octanol–water partition coefficient (Wildman–Crippen LogP) is 4.88. The molecule has 1 N–H and O–H groups in total. The van der Waals surface area contributed by atoms with E-state index in [2.05, 4.69) is 39.5 Å². The van der Waals surface area contributed by atoms with Crippen molar-refractivity contribution >= 4 is 11.7 Å². The highest BCUT2D eigenvalue weighted by molar-refractivity contribution is 5.97. The molecule has 1 amide bonds. The Morgan fingerprint density at radius 1 is 0.957 bits per heavy atom. The van der Waals surface area contributed by atoms with Crippen LogP contribution >= 0.6 is 0 Å². The van der Waals surface area contributed by atoms with E-state index < -0.39 is 0 Å². The van der Waals surface area contributed by atoms with Gasteiger partial charge in [-0.2, -0.15) is 5.10 Å². The lowest BCUT2D eigenvalue weighted by Gasteiger charge is -2.18. The van der Waals surface area contributed by atoms with Crippen LogP contribution in [0.15, 0.2) is 72.9 Å². The summed E-state index contributed by atoms with van der Waals surface area (Å²) in [5.41, 5.74) is 5.45. The van der Waals surface area contributed by atoms with Crippen molar-refractivity contribution < 1.29 is 23.8 Å². The number of rotatable bonds is 16. The number of aromatic nitrogens is 3. The van der Waals surface area contributed by atoms with Crippen LogP contribution in [0.4, 0.5) is 0 Å². The Kier molecular flexibility index (Phi) is 11.9. The van der Waals surface area contributed by atoms with E-state index in [9.17, 15) is 9.59 Å². The van der Waals surface area contributed by atoms with E-state index in [1.165, 1.54) is 5.56 Å². The quantitative estimate of drug-likeness (QED) is 0.173. The minimum absolute atomic E-state index is 0.166. The van der Waals surface area contributed by atoms with E-state index in [1.54, 1.807) is 26.5 Å². The zero-order valence-corrected chi connectivity index (χ0v) is 27.8. The average Bonchev–Trinajstić information content (AvgIpc) is 3.64. The van der Waals surface area contributed by atoms with E-state index in [-0.39, 0.29) is 42.4 Å². The zero-order valence-electron chi connectivity index (χ0n) is 27.8. The highest BCUT2D eigenvalue weighted by Gasteiger charge is 2.35. The number of Topliss-reactive ketones (excluding diaryl/α,β-unsaturated/α-hetero) is 1. The molecule has 2 aromatic heterocycles. The topological polar surface area (TPSA) is 108 Å². The molecule has 47 heavy (non-hydrogen) atoms. The number of likely N-dealkylation sites (tertiary alicyclic amines) is 1. The molecule has 10 nitrogen and oxygen atoms in total. The van der Waals surface area contributed by atoms with Crippen molar-refractivity contribution in [2.75, 3.05) is 60.2 Å². The van der Waals surface area contributed by atoms with E-state index >= 15 is 0 Å². The summed E-state index contributed by atoms with van der Waals surface area (Å²) in [6.45, 7) is 8.20. The van der Waals surface area contributed by atoms with Gasteiger partial charge in [-0.25, -0.2) is 9.67 Å². The zero-order chi connectivity index (χ0) is 33.2. The average molecular weight is 640 g/mol. The first-order valence-corrected chi connectivity index (χ1v) is 16.3. The van der Waals surface area contributed by atoms with Gasteiger partial charge in [0.05, 0.1) is 30.3 Å². The van der Waals surface area contributed by atoms with Crippen LogP contribution in [0.5, 0.6) is 5.88 Å². The minimum Gasteiger partial charge on any atom is -0.475 e. The lowest BCUT2D eigenvalue weighted by atomic mass is 9.85. The van der Waals surface area contributed by atoms with Gasteiger partial charge in [-0.1, -0.05) is 48.5 Å². The standard InChI is InChI=1S/C37H45N5O5/c1-5-38-36(44)32-21-28(23-39-37(32)47-19-18-46-4)35-26(2)34(42(40-35)30-14-10-7-11-15-30)22-31(43)20-29-24-41(16-17-45-3)25-33(29)27-12-8-6-9-13-27/h6-15,21,23,29,33H,5,16-20,22,24-25H2,1-4H3,(H,38,44)/t29-,33+/m1/s1. The number of nitrogens with zero attached hydrogens (tertiary/aromatic N) is 4. The van der Waals surface area contributed by atoms with Gasteiger partial charge in [-0.15, -0.1) is 0 Å². The Morgan fingerprint density at radius 3 is 2.38 bits per heavy atom. The maximum atomic E-state index is 14.0. The fourth-order valence-corrected chi connectivity index (χ4v) is 6.33. The number of ether oxygens (including phenoxy) is 3. The number of amides is 1. The van der Waals surface area contributed by atoms with Gasteiger partial charge in [-0.3, -0.25) is 9.59 Å². The maximum absolute atomic E-state index is 14.0. The van der Waals surface area contributed by atoms with Crippen molar-refractivity contribution in [2.24, 2.45) is 5.92 Å². The molecule has 1 fully saturated rings.